The average molecular weight is 906 g/mol. The lowest BCUT2D eigenvalue weighted by atomic mass is 9.64. The normalized spacial score (nSPS) is 13.9. The molecule has 8 N–H and O–H groups in total. The van der Waals surface area contributed by atoms with E-state index < -0.39 is 33.0 Å². The quantitative estimate of drug-likeness (QED) is 0.0178. The summed E-state index contributed by atoms with van der Waals surface area (Å²) in [6.07, 6.45) is 8.54. The molecule has 20 heteroatoms. The van der Waals surface area contributed by atoms with Crippen molar-refractivity contribution in [2.75, 3.05) is 52.4 Å². The van der Waals surface area contributed by atoms with E-state index in [9.17, 15) is 33.6 Å². The van der Waals surface area contributed by atoms with Crippen LogP contribution in [0.2, 0.25) is 0 Å². The van der Waals surface area contributed by atoms with E-state index in [0.717, 1.165) is 44.9 Å². The molecule has 20 nitrogen and oxygen atoms in total. The molecular weight excluding hydrogens is 823 g/mol. The first kappa shape index (κ1) is 61.0. The molecule has 0 aromatic carbocycles. The van der Waals surface area contributed by atoms with E-state index in [4.69, 9.17) is 16.8 Å². The molecule has 366 valence electrons. The summed E-state index contributed by atoms with van der Waals surface area (Å²) in [6, 6.07) is 0. The van der Waals surface area contributed by atoms with E-state index in [1.807, 2.05) is 55.4 Å². The van der Waals surface area contributed by atoms with Crippen molar-refractivity contribution in [1.82, 2.24) is 31.9 Å². The Bertz CT molecular complexity index is 1590. The van der Waals surface area contributed by atoms with E-state index in [1.165, 1.54) is 0 Å². The summed E-state index contributed by atoms with van der Waals surface area (Å²) < 4.78 is 0. The zero-order valence-corrected chi connectivity index (χ0v) is 41.0. The number of nitrogens with one attached hydrogen (secondary N) is 6. The maximum atomic E-state index is 13.4. The van der Waals surface area contributed by atoms with Crippen LogP contribution >= 0.6 is 0 Å². The number of nitrogens with zero attached hydrogens (tertiary/aromatic N) is 6. The van der Waals surface area contributed by atoms with Crippen LogP contribution in [0.15, 0.2) is 10.2 Å². The molecule has 0 aliphatic rings. The Hall–Kier alpha value is -5.09. The molecule has 0 saturated carbocycles. The number of hydrogen-bond donors (Lipinski definition) is 7. The van der Waals surface area contributed by atoms with Gasteiger partial charge in [0.05, 0.1) is 0 Å². The lowest BCUT2D eigenvalue weighted by molar-refractivity contribution is -0.141. The number of primary amides is 1. The highest BCUT2D eigenvalue weighted by Crippen LogP contribution is 2.44. The number of carbonyl (C=O) groups is 7. The van der Waals surface area contributed by atoms with Crippen molar-refractivity contribution in [3.8, 4) is 0 Å². The predicted molar refractivity (Wildman–Crippen MR) is 250 cm³/mol. The van der Waals surface area contributed by atoms with Crippen molar-refractivity contribution in [3.63, 3.8) is 0 Å². The maximum Gasteiger partial charge on any atom is 0.226 e. The lowest BCUT2D eigenvalue weighted by Gasteiger charge is -2.40. The molecule has 0 saturated heterocycles. The zero-order valence-electron chi connectivity index (χ0n) is 41.0. The van der Waals surface area contributed by atoms with E-state index in [0.29, 0.717) is 65.0 Å². The Kier molecular flexibility index (Phi) is 30.2. The highest BCUT2D eigenvalue weighted by molar-refractivity contribution is 5.88. The molecule has 7 amide bonds. The van der Waals surface area contributed by atoms with Crippen LogP contribution in [0.25, 0.3) is 20.9 Å². The number of nitrogens with two attached hydrogens (primary N) is 1. The van der Waals surface area contributed by atoms with E-state index in [-0.39, 0.29) is 61.4 Å². The molecule has 3 unspecified atom stereocenters. The molecular formula is C44H83N13O7. The van der Waals surface area contributed by atoms with Crippen molar-refractivity contribution < 1.29 is 33.6 Å². The molecule has 0 aromatic rings. The van der Waals surface area contributed by atoms with Gasteiger partial charge in [-0.2, -0.15) is 0 Å². The zero-order chi connectivity index (χ0) is 49.5. The maximum absolute atomic E-state index is 13.4. The van der Waals surface area contributed by atoms with Crippen molar-refractivity contribution >= 4 is 41.4 Å². The van der Waals surface area contributed by atoms with Crippen molar-refractivity contribution in [2.24, 2.45) is 43.0 Å². The van der Waals surface area contributed by atoms with Crippen LogP contribution in [0.3, 0.4) is 0 Å². The van der Waals surface area contributed by atoms with E-state index >= 15 is 0 Å². The summed E-state index contributed by atoms with van der Waals surface area (Å²) in [6.45, 7) is 23.4. The molecule has 3 atom stereocenters. The first-order valence-corrected chi connectivity index (χ1v) is 22.9. The summed E-state index contributed by atoms with van der Waals surface area (Å²) in [5.41, 5.74) is 18.1. The summed E-state index contributed by atoms with van der Waals surface area (Å²) in [5.74, 6) is -1.47. The summed E-state index contributed by atoms with van der Waals surface area (Å²) >= 11 is 0. The van der Waals surface area contributed by atoms with Gasteiger partial charge in [-0.15, -0.1) is 0 Å². The van der Waals surface area contributed by atoms with Crippen LogP contribution in [0.4, 0.5) is 0 Å². The number of carbonyl (C=O) groups excluding carboxylic acids is 7. The number of amides is 7. The summed E-state index contributed by atoms with van der Waals surface area (Å²) in [4.78, 5) is 91.3. The third kappa shape index (κ3) is 24.7. The Labute approximate surface area is 381 Å². The van der Waals surface area contributed by atoms with Gasteiger partial charge in [0, 0.05) is 76.2 Å². The van der Waals surface area contributed by atoms with Crippen LogP contribution in [0.5, 0.6) is 0 Å². The van der Waals surface area contributed by atoms with Crippen molar-refractivity contribution in [2.45, 2.75) is 160 Å². The fourth-order valence-electron chi connectivity index (χ4n) is 7.31. The molecule has 0 fully saturated rings. The highest BCUT2D eigenvalue weighted by atomic mass is 16.2. The third-order valence-corrected chi connectivity index (χ3v) is 11.5. The number of rotatable bonds is 33. The van der Waals surface area contributed by atoms with Crippen LogP contribution < -0.4 is 37.6 Å². The van der Waals surface area contributed by atoms with Crippen LogP contribution in [0, 0.1) is 27.1 Å². The Morgan fingerprint density at radius 2 is 0.781 bits per heavy atom. The molecule has 64 heavy (non-hydrogen) atoms. The number of unbranched alkanes of at least 4 members (excludes halogenated alkanes) is 4. The fourth-order valence-corrected chi connectivity index (χ4v) is 7.31. The first-order chi connectivity index (χ1) is 29.9. The van der Waals surface area contributed by atoms with Gasteiger partial charge in [0.1, 0.15) is 13.1 Å². The van der Waals surface area contributed by atoms with Gasteiger partial charge in [0.2, 0.25) is 41.4 Å². The van der Waals surface area contributed by atoms with Gasteiger partial charge in [-0.3, -0.25) is 33.6 Å². The van der Waals surface area contributed by atoms with Crippen LogP contribution in [0.1, 0.15) is 160 Å². The Morgan fingerprint density at radius 1 is 0.453 bits per heavy atom. The molecule has 0 aromatic heterocycles. The van der Waals surface area contributed by atoms with Crippen molar-refractivity contribution in [1.29, 1.82) is 0 Å². The van der Waals surface area contributed by atoms with Gasteiger partial charge in [0.25, 0.3) is 0 Å². The molecule has 0 heterocycles. The monoisotopic (exact) mass is 906 g/mol. The van der Waals surface area contributed by atoms with Crippen LogP contribution in [-0.4, -0.2) is 93.7 Å². The summed E-state index contributed by atoms with van der Waals surface area (Å²) in [7, 11) is 0. The smallest absolute Gasteiger partial charge is 0.226 e. The van der Waals surface area contributed by atoms with Crippen molar-refractivity contribution in [3.05, 3.63) is 20.9 Å². The SMILES string of the molecule is CCCNC(=O)C(C)(CC)CC(C)(C)C(=O)NCCCCCNC(=O)CN=[N+]=[N-].CCCNC(=O)C(C)(CC)CC(C)(CC(C)(C)C(N)=O)C(=O)NCCCCCNC(=O)CN=[N+]=[N-]. The van der Waals surface area contributed by atoms with Gasteiger partial charge in [-0.1, -0.05) is 86.4 Å². The van der Waals surface area contributed by atoms with E-state index in [2.05, 4.69) is 52.0 Å². The number of azide groups is 2. The minimum absolute atomic E-state index is 0.00485. The predicted octanol–water partition coefficient (Wildman–Crippen LogP) is 6.00. The second-order valence-corrected chi connectivity index (χ2v) is 18.7. The standard InChI is InChI=1S/C24H45N7O4.C20H38N6O3/c1-7-12-28-20(34)23(5,8-2)17-24(6,16-22(3,4)19(25)33)21(35)29-14-11-9-10-13-27-18(32)15-30-31-26;1-6-11-23-18(29)20(5,7-2)15-19(3,4)17(28)24-13-10-8-9-12-22-16(27)14-25-26-21/h7-17H2,1-6H3,(H2,25,33)(H,27,32)(H,28,34)(H,29,35);6-15H2,1-5H3,(H,22,27)(H,23,29)(H,24,28). The van der Waals surface area contributed by atoms with Gasteiger partial charge in [-0.05, 0) is 94.5 Å². The molecule has 0 aliphatic heterocycles. The van der Waals surface area contributed by atoms with Gasteiger partial charge < -0.3 is 37.6 Å². The molecule has 0 rings (SSSR count). The average Bonchev–Trinajstić information content (AvgIpc) is 3.24. The molecule has 0 spiro atoms. The van der Waals surface area contributed by atoms with Gasteiger partial charge in [0.15, 0.2) is 0 Å². The largest absolute Gasteiger partial charge is 0.369 e. The topological polar surface area (TPSA) is 315 Å². The molecule has 0 radical (unpaired) electrons. The minimum Gasteiger partial charge on any atom is -0.369 e. The first-order valence-electron chi connectivity index (χ1n) is 22.9. The second kappa shape index (κ2) is 31.7. The minimum atomic E-state index is -0.984. The lowest BCUT2D eigenvalue weighted by Crippen LogP contribution is -2.50. The Balaban J connectivity index is 0. The summed E-state index contributed by atoms with van der Waals surface area (Å²) in [5, 5.41) is 23.6. The second-order valence-electron chi connectivity index (χ2n) is 18.7. The Morgan fingerprint density at radius 3 is 1.14 bits per heavy atom. The van der Waals surface area contributed by atoms with Gasteiger partial charge >= 0.3 is 0 Å². The van der Waals surface area contributed by atoms with Gasteiger partial charge in [-0.25, -0.2) is 0 Å². The van der Waals surface area contributed by atoms with E-state index in [1.54, 1.807) is 20.8 Å². The molecule has 0 bridgehead atoms. The highest BCUT2D eigenvalue weighted by Gasteiger charge is 2.47. The fraction of sp³-hybridized carbons (Fsp3) is 0.841. The van der Waals surface area contributed by atoms with Crippen LogP contribution in [-0.2, 0) is 33.6 Å². The third-order valence-electron chi connectivity index (χ3n) is 11.5. The molecule has 0 aliphatic carbocycles. The number of hydrogen-bond acceptors (Lipinski definition) is 9.